The molecule has 20 heavy (non-hydrogen) atoms. The van der Waals surface area contributed by atoms with Crippen LogP contribution in [-0.4, -0.2) is 6.54 Å². The number of hydrogen-bond donors (Lipinski definition) is 1. The van der Waals surface area contributed by atoms with Gasteiger partial charge in [0.2, 0.25) is 0 Å². The Morgan fingerprint density at radius 3 is 2.75 bits per heavy atom. The first-order chi connectivity index (χ1) is 9.71. The molecule has 0 aromatic heterocycles. The molecule has 0 bridgehead atoms. The molecule has 3 rings (SSSR count). The number of halogens is 1. The third-order valence-corrected chi connectivity index (χ3v) is 4.07. The van der Waals surface area contributed by atoms with Crippen LogP contribution in [-0.2, 0) is 12.8 Å². The summed E-state index contributed by atoms with van der Waals surface area (Å²) in [6, 6.07) is 18.5. The Bertz CT molecular complexity index is 660. The Kier molecular flexibility index (Phi) is 3.38. The van der Waals surface area contributed by atoms with E-state index < -0.39 is 5.41 Å². The monoisotopic (exact) mass is 282 g/mol. The first kappa shape index (κ1) is 13.0. The fraction of sp³-hybridized carbons (Fsp3) is 0.235. The Morgan fingerprint density at radius 1 is 1.20 bits per heavy atom. The van der Waals surface area contributed by atoms with Gasteiger partial charge >= 0.3 is 0 Å². The van der Waals surface area contributed by atoms with Crippen LogP contribution in [0.15, 0.2) is 48.5 Å². The third kappa shape index (κ3) is 2.50. The molecule has 100 valence electrons. The molecule has 0 saturated heterocycles. The molecule has 0 spiro atoms. The van der Waals surface area contributed by atoms with Crippen molar-refractivity contribution < 1.29 is 0 Å². The smallest absolute Gasteiger partial charge is 0.0826 e. The summed E-state index contributed by atoms with van der Waals surface area (Å²) in [5, 5.41) is 13.8. The van der Waals surface area contributed by atoms with E-state index in [4.69, 9.17) is 11.6 Å². The second kappa shape index (κ2) is 5.19. The standard InChI is InChI=1S/C17H15ClN2/c18-15-6-7-16-14(8-15)10-17(11-19,12-20-16)9-13-4-2-1-3-5-13/h1-8,20H,9-10,12H2/t17-/m1/s1. The van der Waals surface area contributed by atoms with E-state index in [9.17, 15) is 5.26 Å². The predicted molar refractivity (Wildman–Crippen MR) is 81.8 cm³/mol. The topological polar surface area (TPSA) is 35.8 Å². The van der Waals surface area contributed by atoms with Crippen LogP contribution in [0.25, 0.3) is 0 Å². The lowest BCUT2D eigenvalue weighted by atomic mass is 9.75. The van der Waals surface area contributed by atoms with E-state index in [-0.39, 0.29) is 0 Å². The number of anilines is 1. The van der Waals surface area contributed by atoms with Crippen LogP contribution in [0.1, 0.15) is 11.1 Å². The Hall–Kier alpha value is -1.98. The molecule has 1 N–H and O–H groups in total. The molecule has 0 unspecified atom stereocenters. The van der Waals surface area contributed by atoms with Gasteiger partial charge in [-0.3, -0.25) is 0 Å². The van der Waals surface area contributed by atoms with E-state index in [1.165, 1.54) is 5.56 Å². The maximum atomic E-state index is 9.67. The average molecular weight is 283 g/mol. The molecule has 2 nitrogen and oxygen atoms in total. The molecule has 3 heteroatoms. The SMILES string of the molecule is N#C[C@]1(Cc2ccccc2)CNc2ccc(Cl)cc2C1. The molecule has 0 aliphatic carbocycles. The van der Waals surface area contributed by atoms with Crippen molar-refractivity contribution in [2.45, 2.75) is 12.8 Å². The third-order valence-electron chi connectivity index (χ3n) is 3.84. The van der Waals surface area contributed by atoms with E-state index in [0.29, 0.717) is 6.54 Å². The number of nitrogens with zero attached hydrogens (tertiary/aromatic N) is 1. The van der Waals surface area contributed by atoms with Gasteiger partial charge in [0.25, 0.3) is 0 Å². The molecule has 0 radical (unpaired) electrons. The van der Waals surface area contributed by atoms with Gasteiger partial charge in [0.1, 0.15) is 0 Å². The normalized spacial score (nSPS) is 20.6. The van der Waals surface area contributed by atoms with Gasteiger partial charge in [-0.25, -0.2) is 0 Å². The summed E-state index contributed by atoms with van der Waals surface area (Å²) in [6.45, 7) is 0.674. The lowest BCUT2D eigenvalue weighted by molar-refractivity contribution is 0.404. The first-order valence-electron chi connectivity index (χ1n) is 6.68. The number of nitrogens with one attached hydrogen (secondary N) is 1. The van der Waals surface area contributed by atoms with Crippen molar-refractivity contribution in [2.75, 3.05) is 11.9 Å². The number of rotatable bonds is 2. The summed E-state index contributed by atoms with van der Waals surface area (Å²) in [7, 11) is 0. The fourth-order valence-electron chi connectivity index (χ4n) is 2.80. The van der Waals surface area contributed by atoms with E-state index >= 15 is 0 Å². The zero-order valence-corrected chi connectivity index (χ0v) is 11.8. The zero-order chi connectivity index (χ0) is 14.0. The fourth-order valence-corrected chi connectivity index (χ4v) is 3.00. The summed E-state index contributed by atoms with van der Waals surface area (Å²) in [5.41, 5.74) is 3.01. The number of nitriles is 1. The Morgan fingerprint density at radius 2 is 2.00 bits per heavy atom. The lowest BCUT2D eigenvalue weighted by Crippen LogP contribution is -2.37. The highest BCUT2D eigenvalue weighted by Crippen LogP contribution is 2.36. The number of hydrogen-bond acceptors (Lipinski definition) is 2. The molecule has 1 heterocycles. The maximum Gasteiger partial charge on any atom is 0.0826 e. The highest BCUT2D eigenvalue weighted by molar-refractivity contribution is 6.30. The first-order valence-corrected chi connectivity index (χ1v) is 7.06. The molecule has 0 amide bonds. The minimum Gasteiger partial charge on any atom is -0.383 e. The highest BCUT2D eigenvalue weighted by Gasteiger charge is 2.34. The predicted octanol–water partition coefficient (Wildman–Crippen LogP) is 4.06. The van der Waals surface area contributed by atoms with Crippen LogP contribution in [0.5, 0.6) is 0 Å². The molecule has 1 aliphatic rings. The van der Waals surface area contributed by atoms with Crippen LogP contribution in [0.4, 0.5) is 5.69 Å². The van der Waals surface area contributed by atoms with Gasteiger partial charge in [-0.05, 0) is 42.2 Å². The second-order valence-corrected chi connectivity index (χ2v) is 5.82. The summed E-state index contributed by atoms with van der Waals surface area (Å²) in [5.74, 6) is 0. The molecule has 1 aliphatic heterocycles. The summed E-state index contributed by atoms with van der Waals surface area (Å²) in [4.78, 5) is 0. The Balaban J connectivity index is 1.90. The van der Waals surface area contributed by atoms with Gasteiger partial charge in [0.05, 0.1) is 11.5 Å². The van der Waals surface area contributed by atoms with Crippen molar-refractivity contribution in [3.63, 3.8) is 0 Å². The lowest BCUT2D eigenvalue weighted by Gasteiger charge is -2.33. The second-order valence-electron chi connectivity index (χ2n) is 5.39. The zero-order valence-electron chi connectivity index (χ0n) is 11.1. The largest absolute Gasteiger partial charge is 0.383 e. The molecule has 1 atom stereocenters. The Labute approximate surface area is 124 Å². The van der Waals surface area contributed by atoms with Crippen LogP contribution in [0.3, 0.4) is 0 Å². The molecular formula is C17H15ClN2. The van der Waals surface area contributed by atoms with Gasteiger partial charge in [0, 0.05) is 17.3 Å². The summed E-state index contributed by atoms with van der Waals surface area (Å²) >= 11 is 6.06. The quantitative estimate of drug-likeness (QED) is 0.901. The van der Waals surface area contributed by atoms with Crippen molar-refractivity contribution in [1.82, 2.24) is 0 Å². The van der Waals surface area contributed by atoms with Gasteiger partial charge in [-0.15, -0.1) is 0 Å². The van der Waals surface area contributed by atoms with Crippen molar-refractivity contribution >= 4 is 17.3 Å². The van der Waals surface area contributed by atoms with Crippen molar-refractivity contribution in [3.8, 4) is 6.07 Å². The van der Waals surface area contributed by atoms with Gasteiger partial charge in [0.15, 0.2) is 0 Å². The maximum absolute atomic E-state index is 9.67. The van der Waals surface area contributed by atoms with Gasteiger partial charge in [-0.2, -0.15) is 5.26 Å². The number of benzene rings is 2. The van der Waals surface area contributed by atoms with E-state index in [0.717, 1.165) is 29.1 Å². The summed E-state index contributed by atoms with van der Waals surface area (Å²) < 4.78 is 0. The minimum absolute atomic E-state index is 0.404. The van der Waals surface area contributed by atoms with Crippen LogP contribution < -0.4 is 5.32 Å². The van der Waals surface area contributed by atoms with Crippen molar-refractivity contribution in [1.29, 1.82) is 5.26 Å². The molecular weight excluding hydrogens is 268 g/mol. The average Bonchev–Trinajstić information content (AvgIpc) is 2.48. The van der Waals surface area contributed by atoms with E-state index in [1.54, 1.807) is 0 Å². The molecule has 2 aromatic carbocycles. The number of fused-ring (bicyclic) bond motifs is 1. The minimum atomic E-state index is -0.404. The van der Waals surface area contributed by atoms with Crippen LogP contribution in [0.2, 0.25) is 5.02 Å². The molecule has 2 aromatic rings. The van der Waals surface area contributed by atoms with Crippen molar-refractivity contribution in [2.24, 2.45) is 5.41 Å². The summed E-state index contributed by atoms with van der Waals surface area (Å²) in [6.07, 6.45) is 1.49. The molecule has 0 saturated carbocycles. The van der Waals surface area contributed by atoms with E-state index in [2.05, 4.69) is 23.5 Å². The molecule has 0 fully saturated rings. The van der Waals surface area contributed by atoms with E-state index in [1.807, 2.05) is 36.4 Å². The van der Waals surface area contributed by atoms with Gasteiger partial charge < -0.3 is 5.32 Å². The van der Waals surface area contributed by atoms with Crippen LogP contribution in [0, 0.1) is 16.7 Å². The van der Waals surface area contributed by atoms with Crippen molar-refractivity contribution in [3.05, 3.63) is 64.7 Å². The van der Waals surface area contributed by atoms with Gasteiger partial charge in [-0.1, -0.05) is 41.9 Å². The van der Waals surface area contributed by atoms with Crippen LogP contribution >= 0.6 is 11.6 Å². The highest BCUT2D eigenvalue weighted by atomic mass is 35.5.